The Morgan fingerprint density at radius 2 is 2.06 bits per heavy atom. The van der Waals surface area contributed by atoms with Gasteiger partial charge in [0.15, 0.2) is 0 Å². The number of ether oxygens (including phenoxy) is 1. The second-order valence-electron chi connectivity index (χ2n) is 3.91. The molecule has 0 aliphatic rings. The molecule has 0 aliphatic heterocycles. The Morgan fingerprint density at radius 1 is 1.28 bits per heavy atom. The molecule has 0 atom stereocenters. The summed E-state index contributed by atoms with van der Waals surface area (Å²) in [5.74, 6) is 0.607. The van der Waals surface area contributed by atoms with Crippen molar-refractivity contribution >= 4 is 16.7 Å². The predicted octanol–water partition coefficient (Wildman–Crippen LogP) is -0.117. The Bertz CT molecular complexity index is 871. The first-order chi connectivity index (χ1) is 8.63. The lowest BCUT2D eigenvalue weighted by Crippen LogP contribution is -2.23. The van der Waals surface area contributed by atoms with Crippen LogP contribution in [0.3, 0.4) is 0 Å². The van der Waals surface area contributed by atoms with Gasteiger partial charge in [-0.25, -0.2) is 14.3 Å². The summed E-state index contributed by atoms with van der Waals surface area (Å²) in [5.41, 5.74) is 0.511. The maximum atomic E-state index is 12.0. The van der Waals surface area contributed by atoms with Crippen LogP contribution in [-0.2, 0) is 7.05 Å². The monoisotopic (exact) mass is 246 g/mol. The van der Waals surface area contributed by atoms with Crippen LogP contribution in [0.1, 0.15) is 0 Å². The van der Waals surface area contributed by atoms with Crippen LogP contribution in [0.15, 0.2) is 27.8 Å². The average molecular weight is 246 g/mol. The van der Waals surface area contributed by atoms with Crippen molar-refractivity contribution in [2.45, 2.75) is 0 Å². The Labute approximate surface area is 100 Å². The van der Waals surface area contributed by atoms with E-state index in [1.807, 2.05) is 0 Å². The van der Waals surface area contributed by atoms with Crippen molar-refractivity contribution in [1.82, 2.24) is 19.2 Å². The number of rotatable bonds is 1. The van der Waals surface area contributed by atoms with Crippen molar-refractivity contribution in [1.29, 1.82) is 0 Å². The van der Waals surface area contributed by atoms with E-state index in [0.717, 1.165) is 0 Å². The number of nitrogens with one attached hydrogen (secondary N) is 1. The zero-order valence-electron chi connectivity index (χ0n) is 9.80. The molecule has 0 saturated heterocycles. The normalized spacial score (nSPS) is 11.2. The average Bonchev–Trinajstić information content (AvgIpc) is 2.77. The highest BCUT2D eigenvalue weighted by Gasteiger charge is 2.12. The van der Waals surface area contributed by atoms with Crippen molar-refractivity contribution in [3.05, 3.63) is 39.0 Å². The molecule has 0 saturated carbocycles. The van der Waals surface area contributed by atoms with Gasteiger partial charge in [0.1, 0.15) is 5.75 Å². The molecule has 3 aromatic rings. The molecular weight excluding hydrogens is 236 g/mol. The van der Waals surface area contributed by atoms with E-state index in [9.17, 15) is 9.59 Å². The Kier molecular flexibility index (Phi) is 2.03. The minimum atomic E-state index is -0.444. The highest BCUT2D eigenvalue weighted by Crippen LogP contribution is 2.18. The standard InChI is InChI=1S/C11H10N4O3/c1-14-7-4-3-6(18-2)5-8(7)15-9(10(14)16)12-13-11(15)17/h3-5H,1-2H3,(H,13,17). The molecule has 0 spiro atoms. The van der Waals surface area contributed by atoms with E-state index < -0.39 is 5.69 Å². The number of benzene rings is 1. The molecule has 3 rings (SSSR count). The lowest BCUT2D eigenvalue weighted by atomic mass is 10.2. The third-order valence-electron chi connectivity index (χ3n) is 2.95. The van der Waals surface area contributed by atoms with E-state index in [1.165, 1.54) is 8.97 Å². The maximum absolute atomic E-state index is 12.0. The van der Waals surface area contributed by atoms with Gasteiger partial charge in [-0.3, -0.25) is 4.79 Å². The Balaban J connectivity index is 2.69. The second kappa shape index (κ2) is 3.46. The molecule has 2 heterocycles. The van der Waals surface area contributed by atoms with Crippen molar-refractivity contribution in [3.63, 3.8) is 0 Å². The third-order valence-corrected chi connectivity index (χ3v) is 2.95. The molecular formula is C11H10N4O3. The van der Waals surface area contributed by atoms with Crippen LogP contribution < -0.4 is 16.0 Å². The number of aromatic nitrogens is 4. The minimum absolute atomic E-state index is 0.0725. The van der Waals surface area contributed by atoms with Crippen molar-refractivity contribution < 1.29 is 4.74 Å². The first-order valence-corrected chi connectivity index (χ1v) is 5.27. The van der Waals surface area contributed by atoms with Crippen molar-refractivity contribution in [2.75, 3.05) is 7.11 Å². The summed E-state index contributed by atoms with van der Waals surface area (Å²) in [6.45, 7) is 0. The van der Waals surface area contributed by atoms with Gasteiger partial charge in [-0.1, -0.05) is 0 Å². The maximum Gasteiger partial charge on any atom is 0.348 e. The van der Waals surface area contributed by atoms with Crippen LogP contribution in [0.2, 0.25) is 0 Å². The highest BCUT2D eigenvalue weighted by atomic mass is 16.5. The number of H-pyrrole nitrogens is 1. The zero-order chi connectivity index (χ0) is 12.9. The summed E-state index contributed by atoms with van der Waals surface area (Å²) in [6.07, 6.45) is 0. The predicted molar refractivity (Wildman–Crippen MR) is 65.1 cm³/mol. The summed E-state index contributed by atoms with van der Waals surface area (Å²) in [4.78, 5) is 23.7. The summed E-state index contributed by atoms with van der Waals surface area (Å²) in [7, 11) is 3.18. The molecule has 0 radical (unpaired) electrons. The topological polar surface area (TPSA) is 81.4 Å². The van der Waals surface area contributed by atoms with Gasteiger partial charge in [0.05, 0.1) is 18.1 Å². The summed E-state index contributed by atoms with van der Waals surface area (Å²) in [5, 5.41) is 6.01. The number of fused-ring (bicyclic) bond motifs is 3. The van der Waals surface area contributed by atoms with Gasteiger partial charge < -0.3 is 9.30 Å². The largest absolute Gasteiger partial charge is 0.497 e. The number of aryl methyl sites for hydroxylation is 1. The van der Waals surface area contributed by atoms with Crippen LogP contribution in [0, 0.1) is 0 Å². The molecule has 2 aromatic heterocycles. The quantitative estimate of drug-likeness (QED) is 0.649. The van der Waals surface area contributed by atoms with Crippen molar-refractivity contribution in [3.8, 4) is 5.75 Å². The van der Waals surface area contributed by atoms with Crippen LogP contribution in [0.5, 0.6) is 5.75 Å². The molecule has 0 unspecified atom stereocenters. The summed E-state index contributed by atoms with van der Waals surface area (Å²) in [6, 6.07) is 5.16. The fourth-order valence-electron chi connectivity index (χ4n) is 2.02. The van der Waals surface area contributed by atoms with Crippen LogP contribution in [0.25, 0.3) is 16.7 Å². The molecule has 0 fully saturated rings. The van der Waals surface area contributed by atoms with Gasteiger partial charge in [-0.05, 0) is 12.1 Å². The fourth-order valence-corrected chi connectivity index (χ4v) is 2.02. The fraction of sp³-hybridized carbons (Fsp3) is 0.182. The van der Waals surface area contributed by atoms with Gasteiger partial charge in [-0.15, -0.1) is 5.10 Å². The van der Waals surface area contributed by atoms with Crippen LogP contribution >= 0.6 is 0 Å². The molecule has 0 amide bonds. The zero-order valence-corrected chi connectivity index (χ0v) is 9.80. The third kappa shape index (κ3) is 1.21. The number of hydrogen-bond acceptors (Lipinski definition) is 4. The van der Waals surface area contributed by atoms with Gasteiger partial charge >= 0.3 is 5.69 Å². The van der Waals surface area contributed by atoms with E-state index in [0.29, 0.717) is 16.8 Å². The van der Waals surface area contributed by atoms with Crippen molar-refractivity contribution in [2.24, 2.45) is 7.05 Å². The molecule has 0 bridgehead atoms. The molecule has 1 aromatic carbocycles. The molecule has 7 nitrogen and oxygen atoms in total. The summed E-state index contributed by atoms with van der Waals surface area (Å²) < 4.78 is 7.82. The second-order valence-corrected chi connectivity index (χ2v) is 3.91. The molecule has 0 aliphatic carbocycles. The van der Waals surface area contributed by atoms with Crippen LogP contribution in [0.4, 0.5) is 0 Å². The highest BCUT2D eigenvalue weighted by molar-refractivity contribution is 5.79. The van der Waals surface area contributed by atoms with E-state index in [4.69, 9.17) is 4.74 Å². The first kappa shape index (κ1) is 10.6. The number of hydrogen-bond donors (Lipinski definition) is 1. The number of nitrogens with zero attached hydrogens (tertiary/aromatic N) is 3. The van der Waals surface area contributed by atoms with Gasteiger partial charge in [0.2, 0.25) is 5.65 Å². The SMILES string of the molecule is COc1ccc2c(c1)n1c(=O)[nH]nc1c(=O)n2C. The molecule has 92 valence electrons. The molecule has 18 heavy (non-hydrogen) atoms. The van der Waals surface area contributed by atoms with Gasteiger partial charge in [-0.2, -0.15) is 0 Å². The lowest BCUT2D eigenvalue weighted by Gasteiger charge is -2.07. The van der Waals surface area contributed by atoms with E-state index in [2.05, 4.69) is 10.2 Å². The minimum Gasteiger partial charge on any atom is -0.497 e. The lowest BCUT2D eigenvalue weighted by molar-refractivity contribution is 0.415. The van der Waals surface area contributed by atoms with E-state index >= 15 is 0 Å². The Morgan fingerprint density at radius 3 is 2.78 bits per heavy atom. The van der Waals surface area contributed by atoms with E-state index in [-0.39, 0.29) is 11.2 Å². The summed E-state index contributed by atoms with van der Waals surface area (Å²) >= 11 is 0. The van der Waals surface area contributed by atoms with E-state index in [1.54, 1.807) is 32.4 Å². The van der Waals surface area contributed by atoms with Gasteiger partial charge in [0, 0.05) is 13.1 Å². The smallest absolute Gasteiger partial charge is 0.348 e. The molecule has 7 heteroatoms. The first-order valence-electron chi connectivity index (χ1n) is 5.27. The van der Waals surface area contributed by atoms with Crippen LogP contribution in [-0.4, -0.2) is 26.3 Å². The Hall–Kier alpha value is -2.57. The van der Waals surface area contributed by atoms with Gasteiger partial charge in [0.25, 0.3) is 5.56 Å². The molecule has 1 N–H and O–H groups in total. The number of aromatic amines is 1. The number of methoxy groups -OCH3 is 1.